The average Bonchev–Trinajstić information content (AvgIpc) is 2.62. The number of amides is 2. The molecule has 25 heavy (non-hydrogen) atoms. The summed E-state index contributed by atoms with van der Waals surface area (Å²) in [6.07, 6.45) is 2.09. The summed E-state index contributed by atoms with van der Waals surface area (Å²) in [7, 11) is 1.29. The molecule has 3 N–H and O–H groups in total. The van der Waals surface area contributed by atoms with Crippen molar-refractivity contribution in [2.24, 2.45) is 5.73 Å². The first kappa shape index (κ1) is 19.6. The number of nitrogens with zero attached hydrogens (tertiary/aromatic N) is 3. The number of nitrogens with one attached hydrogen (secondary N) is 1. The number of methoxy groups -OCH3 is 1. The van der Waals surface area contributed by atoms with E-state index in [2.05, 4.69) is 5.32 Å². The molecule has 1 aromatic rings. The summed E-state index contributed by atoms with van der Waals surface area (Å²) in [6.45, 7) is 0.617. The molecule has 0 saturated heterocycles. The SMILES string of the molecule is COc1cc([N+](=O)[O-])ccc1NC(=O)/C(C#N)=C\N(C=O)CCCN. The zero-order valence-corrected chi connectivity index (χ0v) is 13.5. The molecule has 0 aliphatic rings. The summed E-state index contributed by atoms with van der Waals surface area (Å²) in [6, 6.07) is 5.32. The van der Waals surface area contributed by atoms with Crippen LogP contribution in [0.1, 0.15) is 6.42 Å². The van der Waals surface area contributed by atoms with Crippen molar-refractivity contribution >= 4 is 23.7 Å². The number of hydrogen-bond donors (Lipinski definition) is 2. The van der Waals surface area contributed by atoms with Gasteiger partial charge in [0.2, 0.25) is 6.41 Å². The van der Waals surface area contributed by atoms with Crippen molar-refractivity contribution < 1.29 is 19.2 Å². The molecule has 10 nitrogen and oxygen atoms in total. The molecule has 0 radical (unpaired) electrons. The summed E-state index contributed by atoms with van der Waals surface area (Å²) >= 11 is 0. The minimum atomic E-state index is -0.783. The van der Waals surface area contributed by atoms with Gasteiger partial charge in [0.1, 0.15) is 17.4 Å². The number of carbonyl (C=O) groups excluding carboxylic acids is 2. The Bertz CT molecular complexity index is 726. The van der Waals surface area contributed by atoms with Gasteiger partial charge in [0.15, 0.2) is 0 Å². The second-order valence-electron chi connectivity index (χ2n) is 4.74. The minimum absolute atomic E-state index is 0.0650. The molecule has 0 aromatic heterocycles. The minimum Gasteiger partial charge on any atom is -0.494 e. The van der Waals surface area contributed by atoms with Crippen LogP contribution in [0, 0.1) is 21.4 Å². The molecule has 1 aromatic carbocycles. The van der Waals surface area contributed by atoms with Crippen molar-refractivity contribution in [3.8, 4) is 11.8 Å². The molecule has 0 aliphatic heterocycles. The molecule has 0 spiro atoms. The van der Waals surface area contributed by atoms with Crippen molar-refractivity contribution in [1.29, 1.82) is 5.26 Å². The Balaban J connectivity index is 3.01. The largest absolute Gasteiger partial charge is 0.494 e. The number of non-ortho nitro benzene ring substituents is 1. The molecule has 132 valence electrons. The monoisotopic (exact) mass is 347 g/mol. The Morgan fingerprint density at radius 1 is 1.56 bits per heavy atom. The van der Waals surface area contributed by atoms with Crippen molar-refractivity contribution in [1.82, 2.24) is 4.90 Å². The number of nitro groups is 1. The third-order valence-electron chi connectivity index (χ3n) is 3.06. The Morgan fingerprint density at radius 2 is 2.28 bits per heavy atom. The molecule has 0 aliphatic carbocycles. The number of hydrogen-bond acceptors (Lipinski definition) is 7. The number of carbonyl (C=O) groups is 2. The van der Waals surface area contributed by atoms with E-state index in [9.17, 15) is 19.7 Å². The Morgan fingerprint density at radius 3 is 2.80 bits per heavy atom. The number of ether oxygens (including phenoxy) is 1. The fourth-order valence-electron chi connectivity index (χ4n) is 1.81. The predicted molar refractivity (Wildman–Crippen MR) is 88.4 cm³/mol. The highest BCUT2D eigenvalue weighted by molar-refractivity contribution is 6.07. The van der Waals surface area contributed by atoms with E-state index in [-0.39, 0.29) is 29.2 Å². The van der Waals surface area contributed by atoms with E-state index in [1.807, 2.05) is 0 Å². The molecular weight excluding hydrogens is 330 g/mol. The number of rotatable bonds is 9. The van der Waals surface area contributed by atoms with E-state index >= 15 is 0 Å². The number of nitrogens with two attached hydrogens (primary N) is 1. The number of nitriles is 1. The first-order valence-electron chi connectivity index (χ1n) is 7.13. The second-order valence-corrected chi connectivity index (χ2v) is 4.74. The van der Waals surface area contributed by atoms with Crippen molar-refractivity contribution in [3.63, 3.8) is 0 Å². The van der Waals surface area contributed by atoms with Crippen molar-refractivity contribution in [2.75, 3.05) is 25.5 Å². The highest BCUT2D eigenvalue weighted by atomic mass is 16.6. The number of anilines is 1. The summed E-state index contributed by atoms with van der Waals surface area (Å²) < 4.78 is 5.00. The standard InChI is InChI=1S/C15H17N5O5/c1-25-14-7-12(20(23)24)3-4-13(14)18-15(22)11(8-17)9-19(10-21)6-2-5-16/h3-4,7,9-10H,2,5-6,16H2,1H3,(H,18,22)/b11-9-. The maximum Gasteiger partial charge on any atom is 0.273 e. The number of benzene rings is 1. The normalized spacial score (nSPS) is 10.5. The lowest BCUT2D eigenvalue weighted by molar-refractivity contribution is -0.384. The highest BCUT2D eigenvalue weighted by Crippen LogP contribution is 2.29. The van der Waals surface area contributed by atoms with Gasteiger partial charge in [-0.1, -0.05) is 0 Å². The Kier molecular flexibility index (Phi) is 7.55. The Labute approximate surface area is 143 Å². The lowest BCUT2D eigenvalue weighted by atomic mass is 10.2. The van der Waals surface area contributed by atoms with Crippen LogP contribution in [0.4, 0.5) is 11.4 Å². The fraction of sp³-hybridized carbons (Fsp3) is 0.267. The average molecular weight is 347 g/mol. The van der Waals surface area contributed by atoms with E-state index in [0.717, 1.165) is 17.2 Å². The Hall–Kier alpha value is -3.45. The van der Waals surface area contributed by atoms with Crippen molar-refractivity contribution in [2.45, 2.75) is 6.42 Å². The third kappa shape index (κ3) is 5.60. The van der Waals surface area contributed by atoms with Gasteiger partial charge < -0.3 is 20.7 Å². The molecule has 1 rings (SSSR count). The third-order valence-corrected chi connectivity index (χ3v) is 3.06. The van der Waals surface area contributed by atoms with Crippen LogP contribution in [0.3, 0.4) is 0 Å². The van der Waals surface area contributed by atoms with Gasteiger partial charge in [-0.15, -0.1) is 0 Å². The van der Waals surface area contributed by atoms with Gasteiger partial charge in [-0.05, 0) is 19.0 Å². The first-order chi connectivity index (χ1) is 12.0. The molecule has 0 unspecified atom stereocenters. The zero-order chi connectivity index (χ0) is 18.8. The molecular formula is C15H17N5O5. The van der Waals surface area contributed by atoms with Gasteiger partial charge in [-0.25, -0.2) is 0 Å². The fourth-order valence-corrected chi connectivity index (χ4v) is 1.81. The van der Waals surface area contributed by atoms with Crippen LogP contribution in [0.5, 0.6) is 5.75 Å². The van der Waals surface area contributed by atoms with Crippen molar-refractivity contribution in [3.05, 3.63) is 40.1 Å². The van der Waals surface area contributed by atoms with E-state index in [1.54, 1.807) is 6.07 Å². The summed E-state index contributed by atoms with van der Waals surface area (Å²) in [5.74, 6) is -0.718. The molecule has 0 atom stereocenters. The molecule has 0 saturated carbocycles. The van der Waals surface area contributed by atoms with Gasteiger partial charge in [0.25, 0.3) is 11.6 Å². The molecule has 0 bridgehead atoms. The highest BCUT2D eigenvalue weighted by Gasteiger charge is 2.16. The van der Waals surface area contributed by atoms with E-state index in [0.29, 0.717) is 19.4 Å². The van der Waals surface area contributed by atoms with E-state index in [1.165, 1.54) is 19.2 Å². The predicted octanol–water partition coefficient (Wildman–Crippen LogP) is 0.757. The van der Waals surface area contributed by atoms with Gasteiger partial charge in [0.05, 0.1) is 23.8 Å². The maximum absolute atomic E-state index is 12.2. The zero-order valence-electron chi connectivity index (χ0n) is 13.5. The second kappa shape index (κ2) is 9.64. The van der Waals surface area contributed by atoms with Gasteiger partial charge >= 0.3 is 0 Å². The summed E-state index contributed by atoms with van der Waals surface area (Å²) in [5, 5.41) is 22.3. The molecule has 2 amide bonds. The van der Waals surface area contributed by atoms with Crippen LogP contribution >= 0.6 is 0 Å². The van der Waals surface area contributed by atoms with Crippen LogP contribution in [0.2, 0.25) is 0 Å². The van der Waals surface area contributed by atoms with Crippen LogP contribution in [-0.2, 0) is 9.59 Å². The van der Waals surface area contributed by atoms with E-state index < -0.39 is 10.8 Å². The first-order valence-corrected chi connectivity index (χ1v) is 7.13. The van der Waals surface area contributed by atoms with Gasteiger partial charge in [-0.2, -0.15) is 5.26 Å². The van der Waals surface area contributed by atoms with Gasteiger partial charge in [0, 0.05) is 18.8 Å². The number of nitro benzene ring substituents is 1. The van der Waals surface area contributed by atoms with Crippen LogP contribution in [0.15, 0.2) is 30.0 Å². The van der Waals surface area contributed by atoms with Gasteiger partial charge in [-0.3, -0.25) is 19.7 Å². The summed E-state index contributed by atoms with van der Waals surface area (Å²) in [5.41, 5.74) is 4.98. The summed E-state index contributed by atoms with van der Waals surface area (Å²) in [4.78, 5) is 34.5. The topological polar surface area (TPSA) is 152 Å². The smallest absolute Gasteiger partial charge is 0.273 e. The van der Waals surface area contributed by atoms with Crippen LogP contribution in [-0.4, -0.2) is 42.3 Å². The van der Waals surface area contributed by atoms with E-state index in [4.69, 9.17) is 15.7 Å². The quantitative estimate of drug-likeness (QED) is 0.220. The maximum atomic E-state index is 12.2. The van der Waals surface area contributed by atoms with Crippen LogP contribution in [0.25, 0.3) is 0 Å². The molecule has 0 fully saturated rings. The van der Waals surface area contributed by atoms with Crippen LogP contribution < -0.4 is 15.8 Å². The lowest BCUT2D eigenvalue weighted by Gasteiger charge is -2.13. The lowest BCUT2D eigenvalue weighted by Crippen LogP contribution is -2.22. The molecule has 0 heterocycles. The molecule has 10 heteroatoms.